The van der Waals surface area contributed by atoms with Gasteiger partial charge in [0.25, 0.3) is 0 Å². The molecule has 106 valence electrons. The predicted molar refractivity (Wildman–Crippen MR) is 64.4 cm³/mol. The molecule has 1 N–H and O–H groups in total. The van der Waals surface area contributed by atoms with Gasteiger partial charge in [-0.15, -0.1) is 0 Å². The third-order valence-corrected chi connectivity index (χ3v) is 3.09. The average Bonchev–Trinajstić information content (AvgIpc) is 2.25. The van der Waals surface area contributed by atoms with Crippen molar-refractivity contribution in [1.82, 2.24) is 0 Å². The van der Waals surface area contributed by atoms with Gasteiger partial charge in [0, 0.05) is 16.6 Å². The van der Waals surface area contributed by atoms with Gasteiger partial charge in [0.1, 0.15) is 35.2 Å². The number of aliphatic hydroxyl groups is 1. The monoisotopic (exact) mass is 352 g/mol. The van der Waals surface area contributed by atoms with E-state index in [1.165, 1.54) is 0 Å². The van der Waals surface area contributed by atoms with Crippen LogP contribution in [0.15, 0.2) is 28.7 Å². The molecule has 1 nitrogen and oxygen atoms in total. The molecule has 2 aromatic carbocycles. The third-order valence-electron chi connectivity index (χ3n) is 2.63. The van der Waals surface area contributed by atoms with E-state index in [1.54, 1.807) is 0 Å². The van der Waals surface area contributed by atoms with E-state index in [4.69, 9.17) is 0 Å². The number of benzene rings is 2. The Morgan fingerprint density at radius 3 is 1.50 bits per heavy atom. The lowest BCUT2D eigenvalue weighted by Gasteiger charge is -2.15. The fourth-order valence-electron chi connectivity index (χ4n) is 1.77. The highest BCUT2D eigenvalue weighted by atomic mass is 79.9. The van der Waals surface area contributed by atoms with Crippen molar-refractivity contribution < 1.29 is 27.1 Å². The summed E-state index contributed by atoms with van der Waals surface area (Å²) < 4.78 is 67.1. The van der Waals surface area contributed by atoms with Crippen molar-refractivity contribution >= 4 is 15.9 Å². The van der Waals surface area contributed by atoms with E-state index in [2.05, 4.69) is 15.9 Å². The molecule has 0 fully saturated rings. The Balaban J connectivity index is 2.61. The van der Waals surface area contributed by atoms with Gasteiger partial charge in [0.15, 0.2) is 0 Å². The van der Waals surface area contributed by atoms with Crippen LogP contribution in [0.3, 0.4) is 0 Å². The topological polar surface area (TPSA) is 20.2 Å². The molecule has 0 radical (unpaired) electrons. The molecular formula is C13H6BrF5O. The number of aliphatic hydroxyl groups excluding tert-OH is 1. The van der Waals surface area contributed by atoms with Gasteiger partial charge < -0.3 is 5.11 Å². The lowest BCUT2D eigenvalue weighted by atomic mass is 9.99. The first kappa shape index (κ1) is 14.9. The van der Waals surface area contributed by atoms with Gasteiger partial charge in [-0.25, -0.2) is 22.0 Å². The molecule has 0 aliphatic carbocycles. The second-order valence-electron chi connectivity index (χ2n) is 3.97. The lowest BCUT2D eigenvalue weighted by Crippen LogP contribution is -2.10. The SMILES string of the molecule is OC(c1c(F)cc(F)cc1F)c1c(F)cc(Br)cc1F. The first-order chi connectivity index (χ1) is 9.31. The van der Waals surface area contributed by atoms with Crippen molar-refractivity contribution in [2.24, 2.45) is 0 Å². The Morgan fingerprint density at radius 2 is 1.10 bits per heavy atom. The van der Waals surface area contributed by atoms with E-state index >= 15 is 0 Å². The smallest absolute Gasteiger partial charge is 0.135 e. The van der Waals surface area contributed by atoms with E-state index in [0.29, 0.717) is 12.1 Å². The summed E-state index contributed by atoms with van der Waals surface area (Å²) >= 11 is 2.83. The van der Waals surface area contributed by atoms with Gasteiger partial charge in [0.05, 0.1) is 11.1 Å². The third kappa shape index (κ3) is 2.69. The maximum Gasteiger partial charge on any atom is 0.135 e. The molecule has 0 bridgehead atoms. The zero-order valence-corrected chi connectivity index (χ0v) is 11.2. The van der Waals surface area contributed by atoms with E-state index in [1.807, 2.05) is 0 Å². The summed E-state index contributed by atoms with van der Waals surface area (Å²) in [5.41, 5.74) is -1.94. The minimum atomic E-state index is -2.23. The average molecular weight is 353 g/mol. The van der Waals surface area contributed by atoms with E-state index in [9.17, 15) is 27.1 Å². The summed E-state index contributed by atoms with van der Waals surface area (Å²) in [5.74, 6) is -6.44. The normalized spacial score (nSPS) is 12.6. The largest absolute Gasteiger partial charge is 0.383 e. The molecule has 0 saturated heterocycles. The van der Waals surface area contributed by atoms with Crippen LogP contribution in [0, 0.1) is 29.1 Å². The molecule has 0 saturated carbocycles. The molecule has 2 rings (SSSR count). The quantitative estimate of drug-likeness (QED) is 0.802. The summed E-state index contributed by atoms with van der Waals surface area (Å²) in [7, 11) is 0. The molecule has 0 aliphatic heterocycles. The summed E-state index contributed by atoms with van der Waals surface area (Å²) in [6, 6.07) is 2.30. The molecular weight excluding hydrogens is 347 g/mol. The summed E-state index contributed by atoms with van der Waals surface area (Å²) in [4.78, 5) is 0. The van der Waals surface area contributed by atoms with Crippen LogP contribution in [0.5, 0.6) is 0 Å². The Morgan fingerprint density at radius 1 is 0.750 bits per heavy atom. The van der Waals surface area contributed by atoms with Gasteiger partial charge in [-0.1, -0.05) is 15.9 Å². The van der Waals surface area contributed by atoms with Gasteiger partial charge in [-0.2, -0.15) is 0 Å². The van der Waals surface area contributed by atoms with Crippen LogP contribution in [0.4, 0.5) is 22.0 Å². The number of hydrogen-bond acceptors (Lipinski definition) is 1. The van der Waals surface area contributed by atoms with Crippen molar-refractivity contribution in [3.05, 3.63) is 69.0 Å². The molecule has 2 aromatic rings. The number of halogens is 6. The fourth-order valence-corrected chi connectivity index (χ4v) is 2.18. The highest BCUT2D eigenvalue weighted by Gasteiger charge is 2.26. The van der Waals surface area contributed by atoms with Crippen LogP contribution in [0.25, 0.3) is 0 Å². The maximum absolute atomic E-state index is 13.6. The van der Waals surface area contributed by atoms with E-state index in [-0.39, 0.29) is 4.47 Å². The summed E-state index contributed by atoms with van der Waals surface area (Å²) in [5, 5.41) is 9.80. The fraction of sp³-hybridized carbons (Fsp3) is 0.0769. The lowest BCUT2D eigenvalue weighted by molar-refractivity contribution is 0.198. The van der Waals surface area contributed by atoms with Crippen molar-refractivity contribution in [2.75, 3.05) is 0 Å². The second-order valence-corrected chi connectivity index (χ2v) is 4.88. The van der Waals surface area contributed by atoms with Crippen molar-refractivity contribution in [2.45, 2.75) is 6.10 Å². The van der Waals surface area contributed by atoms with Crippen LogP contribution < -0.4 is 0 Å². The van der Waals surface area contributed by atoms with Crippen molar-refractivity contribution in [3.63, 3.8) is 0 Å². The predicted octanol–water partition coefficient (Wildman–Crippen LogP) is 4.23. The van der Waals surface area contributed by atoms with Gasteiger partial charge in [-0.05, 0) is 12.1 Å². The molecule has 20 heavy (non-hydrogen) atoms. The summed E-state index contributed by atoms with van der Waals surface area (Å²) in [6.45, 7) is 0. The van der Waals surface area contributed by atoms with Gasteiger partial charge in [0.2, 0.25) is 0 Å². The zero-order chi connectivity index (χ0) is 15.0. The first-order valence-electron chi connectivity index (χ1n) is 5.28. The number of hydrogen-bond donors (Lipinski definition) is 1. The number of rotatable bonds is 2. The molecule has 1 atom stereocenters. The molecule has 0 aromatic heterocycles. The highest BCUT2D eigenvalue weighted by molar-refractivity contribution is 9.10. The zero-order valence-electron chi connectivity index (χ0n) is 9.60. The first-order valence-corrected chi connectivity index (χ1v) is 6.07. The molecule has 7 heteroatoms. The van der Waals surface area contributed by atoms with Crippen LogP contribution >= 0.6 is 15.9 Å². The van der Waals surface area contributed by atoms with E-state index in [0.717, 1.165) is 12.1 Å². The van der Waals surface area contributed by atoms with Crippen LogP contribution in [-0.2, 0) is 0 Å². The minimum Gasteiger partial charge on any atom is -0.383 e. The van der Waals surface area contributed by atoms with Crippen LogP contribution in [0.2, 0.25) is 0 Å². The standard InChI is InChI=1S/C13H6BrF5O/c14-5-1-7(16)11(8(17)2-5)13(20)12-9(18)3-6(15)4-10(12)19/h1-4,13,20H. The maximum atomic E-state index is 13.6. The molecule has 1 unspecified atom stereocenters. The minimum absolute atomic E-state index is 0.0588. The highest BCUT2D eigenvalue weighted by Crippen LogP contribution is 2.32. The Kier molecular flexibility index (Phi) is 4.10. The Bertz CT molecular complexity index is 570. The molecule has 0 aliphatic rings. The van der Waals surface area contributed by atoms with Crippen molar-refractivity contribution in [1.29, 1.82) is 0 Å². The molecule has 0 spiro atoms. The second kappa shape index (κ2) is 5.49. The molecule has 0 heterocycles. The summed E-state index contributed by atoms with van der Waals surface area (Å²) in [6.07, 6.45) is -2.23. The Hall–Kier alpha value is -1.47. The van der Waals surface area contributed by atoms with Crippen molar-refractivity contribution in [3.8, 4) is 0 Å². The van der Waals surface area contributed by atoms with E-state index < -0.39 is 46.3 Å². The molecule has 0 amide bonds. The van der Waals surface area contributed by atoms with Gasteiger partial charge in [-0.3, -0.25) is 0 Å². The van der Waals surface area contributed by atoms with Crippen LogP contribution in [-0.4, -0.2) is 5.11 Å². The van der Waals surface area contributed by atoms with Gasteiger partial charge >= 0.3 is 0 Å². The Labute approximate surface area is 118 Å². The van der Waals surface area contributed by atoms with Crippen LogP contribution in [0.1, 0.15) is 17.2 Å².